The van der Waals surface area contributed by atoms with E-state index in [0.717, 1.165) is 5.92 Å². The van der Waals surface area contributed by atoms with Crippen LogP contribution in [0.4, 0.5) is 0 Å². The lowest BCUT2D eigenvalue weighted by Crippen LogP contribution is -2.29. The zero-order valence-electron chi connectivity index (χ0n) is 6.55. The Hall–Kier alpha value is -0.0400. The molecule has 0 saturated carbocycles. The van der Waals surface area contributed by atoms with Crippen molar-refractivity contribution in [3.05, 3.63) is 0 Å². The van der Waals surface area contributed by atoms with E-state index in [0.29, 0.717) is 12.2 Å². The van der Waals surface area contributed by atoms with E-state index >= 15 is 0 Å². The van der Waals surface area contributed by atoms with Crippen molar-refractivity contribution in [1.29, 1.82) is 0 Å². The van der Waals surface area contributed by atoms with Crippen molar-refractivity contribution >= 4 is 0 Å². The van der Waals surface area contributed by atoms with E-state index in [1.807, 2.05) is 0 Å². The maximum atomic E-state index is 5.60. The van der Waals surface area contributed by atoms with Gasteiger partial charge >= 0.3 is 0 Å². The molecule has 0 radical (unpaired) electrons. The maximum Gasteiger partial charge on any atom is 0.0576 e. The molecule has 1 aliphatic rings. The van der Waals surface area contributed by atoms with Crippen LogP contribution in [0, 0.1) is 5.92 Å². The standard InChI is InChI=1S/C8H16O/c1-6-4-5-7(2)9-8(6)3/h6-8H,4-5H2,1-3H3/t6-,7-,8?/m1/s1. The summed E-state index contributed by atoms with van der Waals surface area (Å²) in [7, 11) is 0. The highest BCUT2D eigenvalue weighted by Gasteiger charge is 2.21. The summed E-state index contributed by atoms with van der Waals surface area (Å²) in [6.45, 7) is 6.58. The fraction of sp³-hybridized carbons (Fsp3) is 1.00. The predicted molar refractivity (Wildman–Crippen MR) is 38.4 cm³/mol. The monoisotopic (exact) mass is 128 g/mol. The van der Waals surface area contributed by atoms with Crippen LogP contribution in [-0.4, -0.2) is 12.2 Å². The van der Waals surface area contributed by atoms with Crippen LogP contribution < -0.4 is 0 Å². The van der Waals surface area contributed by atoms with Crippen molar-refractivity contribution < 1.29 is 4.74 Å². The van der Waals surface area contributed by atoms with E-state index in [9.17, 15) is 0 Å². The SMILES string of the molecule is CC1O[C@H](C)CC[C@H]1C. The van der Waals surface area contributed by atoms with Gasteiger partial charge in [-0.1, -0.05) is 6.92 Å². The van der Waals surface area contributed by atoms with Crippen LogP contribution in [0.5, 0.6) is 0 Å². The Morgan fingerprint density at radius 2 is 1.78 bits per heavy atom. The maximum absolute atomic E-state index is 5.60. The average molecular weight is 128 g/mol. The molecule has 0 aromatic rings. The quantitative estimate of drug-likeness (QED) is 0.486. The molecule has 1 aliphatic heterocycles. The lowest BCUT2D eigenvalue weighted by Gasteiger charge is -2.30. The van der Waals surface area contributed by atoms with Gasteiger partial charge in [-0.15, -0.1) is 0 Å². The Kier molecular flexibility index (Phi) is 2.12. The molecule has 0 amide bonds. The van der Waals surface area contributed by atoms with Crippen molar-refractivity contribution in [2.24, 2.45) is 5.92 Å². The van der Waals surface area contributed by atoms with Gasteiger partial charge in [0.25, 0.3) is 0 Å². The van der Waals surface area contributed by atoms with E-state index in [1.165, 1.54) is 12.8 Å². The van der Waals surface area contributed by atoms with Crippen LogP contribution in [0.1, 0.15) is 33.6 Å². The fourth-order valence-corrected chi connectivity index (χ4v) is 1.30. The highest BCUT2D eigenvalue weighted by atomic mass is 16.5. The second kappa shape index (κ2) is 2.70. The molecule has 1 heteroatoms. The Balaban J connectivity index is 2.35. The minimum atomic E-state index is 0.480. The number of rotatable bonds is 0. The van der Waals surface area contributed by atoms with Gasteiger partial charge < -0.3 is 4.74 Å². The summed E-state index contributed by atoms with van der Waals surface area (Å²) in [4.78, 5) is 0. The lowest BCUT2D eigenvalue weighted by atomic mass is 9.95. The molecule has 1 saturated heterocycles. The van der Waals surface area contributed by atoms with Gasteiger partial charge in [-0.25, -0.2) is 0 Å². The first kappa shape index (κ1) is 7.07. The number of hydrogen-bond acceptors (Lipinski definition) is 1. The zero-order chi connectivity index (χ0) is 6.85. The topological polar surface area (TPSA) is 9.23 Å². The molecule has 1 rings (SSSR count). The number of hydrogen-bond donors (Lipinski definition) is 0. The highest BCUT2D eigenvalue weighted by Crippen LogP contribution is 2.23. The van der Waals surface area contributed by atoms with Gasteiger partial charge in [-0.2, -0.15) is 0 Å². The van der Waals surface area contributed by atoms with E-state index in [1.54, 1.807) is 0 Å². The van der Waals surface area contributed by atoms with Gasteiger partial charge in [-0.3, -0.25) is 0 Å². The average Bonchev–Trinajstić information content (AvgIpc) is 1.80. The van der Waals surface area contributed by atoms with E-state index in [2.05, 4.69) is 20.8 Å². The van der Waals surface area contributed by atoms with E-state index in [4.69, 9.17) is 4.74 Å². The summed E-state index contributed by atoms with van der Waals surface area (Å²) in [6, 6.07) is 0. The normalized spacial score (nSPS) is 45.0. The van der Waals surface area contributed by atoms with Gasteiger partial charge in [0, 0.05) is 0 Å². The summed E-state index contributed by atoms with van der Waals surface area (Å²) in [5.74, 6) is 0.765. The molecule has 0 spiro atoms. The van der Waals surface area contributed by atoms with Crippen LogP contribution in [0.3, 0.4) is 0 Å². The van der Waals surface area contributed by atoms with Crippen LogP contribution in [0.15, 0.2) is 0 Å². The predicted octanol–water partition coefficient (Wildman–Crippen LogP) is 2.21. The molecule has 1 unspecified atom stereocenters. The Labute approximate surface area is 57.4 Å². The second-order valence-electron chi connectivity index (χ2n) is 3.21. The van der Waals surface area contributed by atoms with Crippen LogP contribution in [-0.2, 0) is 4.74 Å². The van der Waals surface area contributed by atoms with Gasteiger partial charge in [0.1, 0.15) is 0 Å². The molecule has 0 aromatic heterocycles. The summed E-state index contributed by atoms with van der Waals surface area (Å²) < 4.78 is 5.60. The van der Waals surface area contributed by atoms with E-state index < -0.39 is 0 Å². The third-order valence-electron chi connectivity index (χ3n) is 2.28. The molecule has 0 aliphatic carbocycles. The van der Waals surface area contributed by atoms with Gasteiger partial charge in [-0.05, 0) is 32.6 Å². The number of ether oxygens (including phenoxy) is 1. The molecule has 54 valence electrons. The highest BCUT2D eigenvalue weighted by molar-refractivity contribution is 4.70. The summed E-state index contributed by atoms with van der Waals surface area (Å²) >= 11 is 0. The molecule has 1 nitrogen and oxygen atoms in total. The van der Waals surface area contributed by atoms with Crippen molar-refractivity contribution in [2.75, 3.05) is 0 Å². The van der Waals surface area contributed by atoms with Gasteiger partial charge in [0.15, 0.2) is 0 Å². The first-order valence-corrected chi connectivity index (χ1v) is 3.85. The molecule has 1 heterocycles. The largest absolute Gasteiger partial charge is 0.375 e. The Bertz CT molecular complexity index is 90.6. The summed E-state index contributed by atoms with van der Waals surface area (Å²) in [5, 5.41) is 0. The Morgan fingerprint density at radius 1 is 1.11 bits per heavy atom. The van der Waals surface area contributed by atoms with Crippen molar-refractivity contribution in [2.45, 2.75) is 45.8 Å². The van der Waals surface area contributed by atoms with Gasteiger partial charge in [0.05, 0.1) is 12.2 Å². The first-order chi connectivity index (χ1) is 4.20. The van der Waals surface area contributed by atoms with Crippen molar-refractivity contribution in [3.8, 4) is 0 Å². The molecule has 0 aromatic carbocycles. The van der Waals surface area contributed by atoms with Crippen LogP contribution >= 0.6 is 0 Å². The molecule has 3 atom stereocenters. The molecular weight excluding hydrogens is 112 g/mol. The van der Waals surface area contributed by atoms with Crippen molar-refractivity contribution in [1.82, 2.24) is 0 Å². The molecule has 9 heavy (non-hydrogen) atoms. The Morgan fingerprint density at radius 3 is 2.22 bits per heavy atom. The first-order valence-electron chi connectivity index (χ1n) is 3.85. The fourth-order valence-electron chi connectivity index (χ4n) is 1.30. The minimum absolute atomic E-state index is 0.480. The second-order valence-corrected chi connectivity index (χ2v) is 3.21. The smallest absolute Gasteiger partial charge is 0.0576 e. The lowest BCUT2D eigenvalue weighted by molar-refractivity contribution is -0.0594. The zero-order valence-corrected chi connectivity index (χ0v) is 6.55. The van der Waals surface area contributed by atoms with Crippen molar-refractivity contribution in [3.63, 3.8) is 0 Å². The molecular formula is C8H16O. The summed E-state index contributed by atoms with van der Waals surface area (Å²) in [6.07, 6.45) is 3.55. The third kappa shape index (κ3) is 1.68. The van der Waals surface area contributed by atoms with Crippen LogP contribution in [0.2, 0.25) is 0 Å². The van der Waals surface area contributed by atoms with Crippen LogP contribution in [0.25, 0.3) is 0 Å². The molecule has 1 fully saturated rings. The van der Waals surface area contributed by atoms with E-state index in [-0.39, 0.29) is 0 Å². The summed E-state index contributed by atoms with van der Waals surface area (Å²) in [5.41, 5.74) is 0. The minimum Gasteiger partial charge on any atom is -0.375 e. The van der Waals surface area contributed by atoms with Gasteiger partial charge in [0.2, 0.25) is 0 Å². The third-order valence-corrected chi connectivity index (χ3v) is 2.28. The molecule has 0 N–H and O–H groups in total. The molecule has 0 bridgehead atoms.